The number of ether oxygens (including phenoxy) is 2. The maximum atomic E-state index is 12.6. The Morgan fingerprint density at radius 1 is 0.917 bits per heavy atom. The minimum absolute atomic E-state index is 0.0341. The van der Waals surface area contributed by atoms with Crippen LogP contribution in [0.3, 0.4) is 0 Å². The molecule has 1 aliphatic rings. The van der Waals surface area contributed by atoms with Crippen molar-refractivity contribution in [3.8, 4) is 11.5 Å². The lowest BCUT2D eigenvalue weighted by Gasteiger charge is -2.19. The first-order valence-corrected chi connectivity index (χ1v) is 12.1. The Bertz CT molecular complexity index is 1240. The van der Waals surface area contributed by atoms with E-state index in [-0.39, 0.29) is 36.7 Å². The molecule has 36 heavy (non-hydrogen) atoms. The number of halogens is 1. The Balaban J connectivity index is 1.32. The van der Waals surface area contributed by atoms with Gasteiger partial charge >= 0.3 is 5.97 Å². The second kappa shape index (κ2) is 10.5. The highest BCUT2D eigenvalue weighted by atomic mass is 35.5. The van der Waals surface area contributed by atoms with Gasteiger partial charge in [-0.15, -0.1) is 0 Å². The summed E-state index contributed by atoms with van der Waals surface area (Å²) in [5.41, 5.74) is 2.37. The molecule has 0 saturated carbocycles. The van der Waals surface area contributed by atoms with Crippen molar-refractivity contribution in [2.75, 3.05) is 18.1 Å². The second-order valence-electron chi connectivity index (χ2n) is 9.81. The summed E-state index contributed by atoms with van der Waals surface area (Å²) in [5.74, 6) is -0.327. The van der Waals surface area contributed by atoms with E-state index >= 15 is 0 Å². The zero-order chi connectivity index (χ0) is 25.9. The number of ketones is 1. The lowest BCUT2D eigenvalue weighted by atomic mass is 9.87. The van der Waals surface area contributed by atoms with Crippen LogP contribution in [0.5, 0.6) is 11.5 Å². The van der Waals surface area contributed by atoms with Crippen molar-refractivity contribution in [1.29, 1.82) is 0 Å². The van der Waals surface area contributed by atoms with Crippen molar-refractivity contribution in [2.45, 2.75) is 32.6 Å². The summed E-state index contributed by atoms with van der Waals surface area (Å²) in [6.07, 6.45) is 0.0341. The molecule has 0 bridgehead atoms. The third-order valence-electron chi connectivity index (χ3n) is 6.07. The fourth-order valence-electron chi connectivity index (χ4n) is 3.94. The predicted molar refractivity (Wildman–Crippen MR) is 139 cm³/mol. The van der Waals surface area contributed by atoms with Crippen molar-refractivity contribution in [1.82, 2.24) is 0 Å². The van der Waals surface area contributed by atoms with Gasteiger partial charge in [-0.25, -0.2) is 0 Å². The summed E-state index contributed by atoms with van der Waals surface area (Å²) in [5, 5.41) is 0.516. The Labute approximate surface area is 215 Å². The largest absolute Gasteiger partial charge is 0.457 e. The molecule has 1 saturated heterocycles. The monoisotopic (exact) mass is 505 g/mol. The fraction of sp³-hybridized carbons (Fsp3) is 0.276. The number of anilines is 1. The zero-order valence-corrected chi connectivity index (χ0v) is 21.2. The standard InChI is InChI=1S/C29H28ClNO5/c1-29(2,3)21-6-12-24(13-7-21)36-25-14-10-23(11-15-25)31-17-20(16-27(31)33)28(34)35-18-26(32)19-4-8-22(30)9-5-19/h4-15,20H,16-18H2,1-3H3/t20-/m0/s1. The normalized spacial score (nSPS) is 15.6. The Kier molecular flexibility index (Phi) is 7.45. The third kappa shape index (κ3) is 6.13. The molecule has 0 spiro atoms. The molecule has 3 aromatic carbocycles. The summed E-state index contributed by atoms with van der Waals surface area (Å²) >= 11 is 5.83. The molecule has 3 aromatic rings. The first kappa shape index (κ1) is 25.5. The van der Waals surface area contributed by atoms with Crippen LogP contribution >= 0.6 is 11.6 Å². The lowest BCUT2D eigenvalue weighted by molar-refractivity contribution is -0.147. The number of benzene rings is 3. The third-order valence-corrected chi connectivity index (χ3v) is 6.33. The van der Waals surface area contributed by atoms with E-state index in [1.807, 2.05) is 12.1 Å². The van der Waals surface area contributed by atoms with Gasteiger partial charge in [-0.2, -0.15) is 0 Å². The lowest BCUT2D eigenvalue weighted by Crippen LogP contribution is -2.27. The van der Waals surface area contributed by atoms with Gasteiger partial charge in [-0.3, -0.25) is 14.4 Å². The van der Waals surface area contributed by atoms with Crippen LogP contribution in [-0.2, 0) is 19.7 Å². The number of hydrogen-bond acceptors (Lipinski definition) is 5. The molecule has 0 unspecified atom stereocenters. The predicted octanol–water partition coefficient (Wildman–Crippen LogP) is 6.21. The van der Waals surface area contributed by atoms with Crippen LogP contribution in [0.25, 0.3) is 0 Å². The van der Waals surface area contributed by atoms with Crippen LogP contribution in [0.15, 0.2) is 72.8 Å². The number of nitrogens with zero attached hydrogens (tertiary/aromatic N) is 1. The van der Waals surface area contributed by atoms with E-state index in [2.05, 4.69) is 32.9 Å². The number of Topliss-reactive ketones (excluding diaryl/α,β-unsaturated/α-hetero) is 1. The number of carbonyl (C=O) groups excluding carboxylic acids is 3. The van der Waals surface area contributed by atoms with Gasteiger partial charge in [-0.05, 0) is 71.6 Å². The molecule has 1 atom stereocenters. The van der Waals surface area contributed by atoms with Crippen LogP contribution in [0.4, 0.5) is 5.69 Å². The second-order valence-corrected chi connectivity index (χ2v) is 10.2. The van der Waals surface area contributed by atoms with E-state index in [0.717, 1.165) is 5.75 Å². The van der Waals surface area contributed by atoms with Gasteiger partial charge in [0, 0.05) is 29.2 Å². The molecule has 1 aliphatic heterocycles. The van der Waals surface area contributed by atoms with Crippen molar-refractivity contribution >= 4 is 34.9 Å². The first-order valence-electron chi connectivity index (χ1n) is 11.7. The smallest absolute Gasteiger partial charge is 0.311 e. The number of rotatable bonds is 7. The highest BCUT2D eigenvalue weighted by molar-refractivity contribution is 6.30. The van der Waals surface area contributed by atoms with Crippen LogP contribution in [-0.4, -0.2) is 30.8 Å². The van der Waals surface area contributed by atoms with Crippen LogP contribution in [0, 0.1) is 5.92 Å². The summed E-state index contributed by atoms with van der Waals surface area (Å²) in [6, 6.07) is 21.5. The molecular formula is C29H28ClNO5. The molecular weight excluding hydrogens is 478 g/mol. The van der Waals surface area contributed by atoms with Crippen LogP contribution in [0.1, 0.15) is 43.1 Å². The SMILES string of the molecule is CC(C)(C)c1ccc(Oc2ccc(N3C[C@@H](C(=O)OCC(=O)c4ccc(Cl)cc4)CC3=O)cc2)cc1. The van der Waals surface area contributed by atoms with Crippen molar-refractivity contribution in [2.24, 2.45) is 5.92 Å². The highest BCUT2D eigenvalue weighted by Gasteiger charge is 2.36. The first-order chi connectivity index (χ1) is 17.1. The summed E-state index contributed by atoms with van der Waals surface area (Å²) in [7, 11) is 0. The molecule has 1 heterocycles. The highest BCUT2D eigenvalue weighted by Crippen LogP contribution is 2.30. The number of hydrogen-bond donors (Lipinski definition) is 0. The molecule has 6 nitrogen and oxygen atoms in total. The molecule has 4 rings (SSSR count). The van der Waals surface area contributed by atoms with E-state index in [4.69, 9.17) is 21.1 Å². The Morgan fingerprint density at radius 2 is 1.50 bits per heavy atom. The molecule has 0 aliphatic carbocycles. The molecule has 1 fully saturated rings. The molecule has 0 N–H and O–H groups in total. The Hall–Kier alpha value is -3.64. The molecule has 7 heteroatoms. The van der Waals surface area contributed by atoms with Gasteiger partial charge in [0.2, 0.25) is 5.91 Å². The molecule has 0 aromatic heterocycles. The van der Waals surface area contributed by atoms with Gasteiger partial charge in [0.25, 0.3) is 0 Å². The van der Waals surface area contributed by atoms with Crippen molar-refractivity contribution in [3.05, 3.63) is 88.9 Å². The van der Waals surface area contributed by atoms with Gasteiger partial charge < -0.3 is 14.4 Å². The molecule has 1 amide bonds. The minimum Gasteiger partial charge on any atom is -0.457 e. The summed E-state index contributed by atoms with van der Waals surface area (Å²) < 4.78 is 11.1. The number of amides is 1. The van der Waals surface area contributed by atoms with E-state index < -0.39 is 11.9 Å². The number of carbonyl (C=O) groups is 3. The average Bonchev–Trinajstić information content (AvgIpc) is 3.24. The zero-order valence-electron chi connectivity index (χ0n) is 20.5. The van der Waals surface area contributed by atoms with Crippen LogP contribution < -0.4 is 9.64 Å². The summed E-state index contributed by atoms with van der Waals surface area (Å²) in [4.78, 5) is 38.9. The van der Waals surface area contributed by atoms with Gasteiger partial charge in [0.05, 0.1) is 5.92 Å². The minimum atomic E-state index is -0.632. The average molecular weight is 506 g/mol. The maximum absolute atomic E-state index is 12.6. The molecule has 186 valence electrons. The van der Waals surface area contributed by atoms with E-state index in [9.17, 15) is 14.4 Å². The van der Waals surface area contributed by atoms with Gasteiger partial charge in [0.1, 0.15) is 11.5 Å². The van der Waals surface area contributed by atoms with E-state index in [0.29, 0.717) is 22.0 Å². The fourth-order valence-corrected chi connectivity index (χ4v) is 4.07. The van der Waals surface area contributed by atoms with Crippen molar-refractivity contribution in [3.63, 3.8) is 0 Å². The Morgan fingerprint density at radius 3 is 2.08 bits per heavy atom. The van der Waals surface area contributed by atoms with Crippen LogP contribution in [0.2, 0.25) is 5.02 Å². The maximum Gasteiger partial charge on any atom is 0.311 e. The van der Waals surface area contributed by atoms with E-state index in [1.165, 1.54) is 5.56 Å². The van der Waals surface area contributed by atoms with Gasteiger partial charge in [-0.1, -0.05) is 44.5 Å². The summed E-state index contributed by atoms with van der Waals surface area (Å²) in [6.45, 7) is 6.29. The topological polar surface area (TPSA) is 72.9 Å². The molecule has 0 radical (unpaired) electrons. The van der Waals surface area contributed by atoms with E-state index in [1.54, 1.807) is 53.4 Å². The quantitative estimate of drug-likeness (QED) is 0.282. The van der Waals surface area contributed by atoms with Gasteiger partial charge in [0.15, 0.2) is 12.4 Å². The number of esters is 1. The van der Waals surface area contributed by atoms with Crippen molar-refractivity contribution < 1.29 is 23.9 Å².